The van der Waals surface area contributed by atoms with Crippen molar-refractivity contribution < 1.29 is 4.74 Å². The molecule has 0 amide bonds. The van der Waals surface area contributed by atoms with E-state index in [1.165, 1.54) is 25.7 Å². The van der Waals surface area contributed by atoms with Crippen molar-refractivity contribution >= 4 is 17.2 Å². The van der Waals surface area contributed by atoms with E-state index in [0.717, 1.165) is 19.7 Å². The Bertz CT molecular complexity index is 215. The predicted molar refractivity (Wildman–Crippen MR) is 71.7 cm³/mol. The summed E-state index contributed by atoms with van der Waals surface area (Å²) in [5.74, 6) is 0. The minimum absolute atomic E-state index is 0.301. The Morgan fingerprint density at radius 3 is 2.56 bits per heavy atom. The topological polar surface area (TPSA) is 38.5 Å². The Labute approximate surface area is 104 Å². The summed E-state index contributed by atoms with van der Waals surface area (Å²) in [5.41, 5.74) is 5.64. The number of nitrogens with two attached hydrogens (primary N) is 1. The zero-order valence-corrected chi connectivity index (χ0v) is 11.3. The van der Waals surface area contributed by atoms with Gasteiger partial charge in [0.2, 0.25) is 0 Å². The van der Waals surface area contributed by atoms with Crippen molar-refractivity contribution in [2.24, 2.45) is 5.73 Å². The molecular formula is C12H24N2OS. The second-order valence-electron chi connectivity index (χ2n) is 4.79. The Balaban J connectivity index is 2.34. The highest BCUT2D eigenvalue weighted by Gasteiger charge is 2.22. The van der Waals surface area contributed by atoms with Crippen molar-refractivity contribution in [3.05, 3.63) is 0 Å². The maximum absolute atomic E-state index is 5.64. The molecular weight excluding hydrogens is 220 g/mol. The molecule has 0 spiro atoms. The molecule has 0 aliphatic heterocycles. The van der Waals surface area contributed by atoms with Crippen molar-refractivity contribution in [3.8, 4) is 0 Å². The molecule has 1 aliphatic carbocycles. The number of hydrogen-bond acceptors (Lipinski definition) is 3. The lowest BCUT2D eigenvalue weighted by atomic mass is 10.2. The van der Waals surface area contributed by atoms with Crippen LogP contribution in [0.3, 0.4) is 0 Å². The van der Waals surface area contributed by atoms with Gasteiger partial charge in [0.05, 0.1) is 17.7 Å². The first-order valence-corrected chi connectivity index (χ1v) is 6.64. The fourth-order valence-corrected chi connectivity index (χ4v) is 2.43. The molecule has 0 aromatic heterocycles. The van der Waals surface area contributed by atoms with Crippen LogP contribution in [0.5, 0.6) is 0 Å². The first-order chi connectivity index (χ1) is 7.59. The van der Waals surface area contributed by atoms with Crippen LogP contribution in [0.2, 0.25) is 0 Å². The van der Waals surface area contributed by atoms with E-state index in [0.29, 0.717) is 17.1 Å². The van der Waals surface area contributed by atoms with Crippen LogP contribution in [0.4, 0.5) is 0 Å². The van der Waals surface area contributed by atoms with Gasteiger partial charge in [0, 0.05) is 19.1 Å². The minimum atomic E-state index is 0.301. The summed E-state index contributed by atoms with van der Waals surface area (Å²) >= 11 is 5.00. The molecule has 0 radical (unpaired) electrons. The maximum Gasteiger partial charge on any atom is 0.0870 e. The lowest BCUT2D eigenvalue weighted by molar-refractivity contribution is 0.0536. The van der Waals surface area contributed by atoms with Gasteiger partial charge in [-0.05, 0) is 26.7 Å². The summed E-state index contributed by atoms with van der Waals surface area (Å²) in [6, 6.07) is 0.664. The average molecular weight is 244 g/mol. The van der Waals surface area contributed by atoms with Gasteiger partial charge in [-0.15, -0.1) is 0 Å². The Kier molecular flexibility index (Phi) is 6.24. The lowest BCUT2D eigenvalue weighted by Crippen LogP contribution is -2.41. The lowest BCUT2D eigenvalue weighted by Gasteiger charge is -2.28. The first-order valence-electron chi connectivity index (χ1n) is 6.23. The van der Waals surface area contributed by atoms with Gasteiger partial charge in [0.1, 0.15) is 0 Å². The highest BCUT2D eigenvalue weighted by molar-refractivity contribution is 7.80. The van der Waals surface area contributed by atoms with Crippen molar-refractivity contribution in [2.75, 3.05) is 19.7 Å². The second-order valence-corrected chi connectivity index (χ2v) is 5.32. The largest absolute Gasteiger partial charge is 0.392 e. The van der Waals surface area contributed by atoms with Gasteiger partial charge in [-0.1, -0.05) is 25.1 Å². The van der Waals surface area contributed by atoms with Gasteiger partial charge in [0.25, 0.3) is 0 Å². The van der Waals surface area contributed by atoms with Crippen LogP contribution in [0.15, 0.2) is 0 Å². The molecule has 2 N–H and O–H groups in total. The van der Waals surface area contributed by atoms with Crippen LogP contribution in [0, 0.1) is 0 Å². The number of rotatable bonds is 7. The van der Waals surface area contributed by atoms with Gasteiger partial charge in [0.15, 0.2) is 0 Å². The molecule has 1 fully saturated rings. The summed E-state index contributed by atoms with van der Waals surface area (Å²) in [7, 11) is 0. The molecule has 0 aromatic carbocycles. The predicted octanol–water partition coefficient (Wildman–Crippen LogP) is 1.94. The zero-order valence-electron chi connectivity index (χ0n) is 10.4. The Hall–Kier alpha value is -0.190. The summed E-state index contributed by atoms with van der Waals surface area (Å²) in [6.45, 7) is 6.58. The highest BCUT2D eigenvalue weighted by Crippen LogP contribution is 2.23. The molecule has 0 atom stereocenters. The van der Waals surface area contributed by atoms with Crippen molar-refractivity contribution in [1.82, 2.24) is 4.90 Å². The zero-order chi connectivity index (χ0) is 12.0. The fourth-order valence-electron chi connectivity index (χ4n) is 2.27. The highest BCUT2D eigenvalue weighted by atomic mass is 32.1. The third-order valence-electron chi connectivity index (χ3n) is 3.03. The second kappa shape index (κ2) is 7.20. The standard InChI is InChI=1S/C12H24N2OS/c1-10(2)15-8-7-14(9-12(13)16)11-5-3-4-6-11/h10-11H,3-9H2,1-2H3,(H2,13,16). The van der Waals surface area contributed by atoms with Crippen LogP contribution in [0.1, 0.15) is 39.5 Å². The van der Waals surface area contributed by atoms with E-state index in [1.54, 1.807) is 0 Å². The van der Waals surface area contributed by atoms with Gasteiger partial charge >= 0.3 is 0 Å². The molecule has 0 saturated heterocycles. The molecule has 0 aromatic rings. The van der Waals surface area contributed by atoms with Crippen molar-refractivity contribution in [3.63, 3.8) is 0 Å². The number of thiocarbonyl (C=S) groups is 1. The van der Waals surface area contributed by atoms with E-state index in [4.69, 9.17) is 22.7 Å². The fraction of sp³-hybridized carbons (Fsp3) is 0.917. The van der Waals surface area contributed by atoms with E-state index >= 15 is 0 Å². The third-order valence-corrected chi connectivity index (χ3v) is 3.16. The molecule has 0 bridgehead atoms. The molecule has 0 heterocycles. The molecule has 1 saturated carbocycles. The monoisotopic (exact) mass is 244 g/mol. The number of ether oxygens (including phenoxy) is 1. The Morgan fingerprint density at radius 2 is 2.06 bits per heavy atom. The van der Waals surface area contributed by atoms with Crippen LogP contribution in [-0.2, 0) is 4.74 Å². The molecule has 3 nitrogen and oxygen atoms in total. The summed E-state index contributed by atoms with van der Waals surface area (Å²) < 4.78 is 5.59. The van der Waals surface area contributed by atoms with Gasteiger partial charge in [-0.2, -0.15) is 0 Å². The first kappa shape index (κ1) is 13.9. The third kappa shape index (κ3) is 5.23. The SMILES string of the molecule is CC(C)OCCN(CC(N)=S)C1CCCC1. The Morgan fingerprint density at radius 1 is 1.44 bits per heavy atom. The van der Waals surface area contributed by atoms with E-state index < -0.39 is 0 Å². The summed E-state index contributed by atoms with van der Waals surface area (Å²) in [6.07, 6.45) is 5.54. The van der Waals surface area contributed by atoms with Crippen LogP contribution >= 0.6 is 12.2 Å². The maximum atomic E-state index is 5.64. The number of hydrogen-bond donors (Lipinski definition) is 1. The van der Waals surface area contributed by atoms with Crippen molar-refractivity contribution in [2.45, 2.75) is 51.7 Å². The summed E-state index contributed by atoms with van der Waals surface area (Å²) in [4.78, 5) is 2.98. The van der Waals surface area contributed by atoms with E-state index in [1.807, 2.05) is 0 Å². The average Bonchev–Trinajstić information content (AvgIpc) is 2.67. The van der Waals surface area contributed by atoms with Crippen molar-refractivity contribution in [1.29, 1.82) is 0 Å². The van der Waals surface area contributed by atoms with E-state index in [2.05, 4.69) is 18.7 Å². The quantitative estimate of drug-likeness (QED) is 0.695. The minimum Gasteiger partial charge on any atom is -0.392 e. The van der Waals surface area contributed by atoms with Crippen LogP contribution in [-0.4, -0.2) is 41.7 Å². The van der Waals surface area contributed by atoms with Gasteiger partial charge < -0.3 is 10.5 Å². The smallest absolute Gasteiger partial charge is 0.0870 e. The number of nitrogens with zero attached hydrogens (tertiary/aromatic N) is 1. The molecule has 1 rings (SSSR count). The van der Waals surface area contributed by atoms with Gasteiger partial charge in [-0.25, -0.2) is 0 Å². The summed E-state index contributed by atoms with van der Waals surface area (Å²) in [5, 5.41) is 0. The van der Waals surface area contributed by atoms with E-state index in [9.17, 15) is 0 Å². The molecule has 94 valence electrons. The van der Waals surface area contributed by atoms with Crippen LogP contribution < -0.4 is 5.73 Å². The molecule has 16 heavy (non-hydrogen) atoms. The van der Waals surface area contributed by atoms with Crippen LogP contribution in [0.25, 0.3) is 0 Å². The van der Waals surface area contributed by atoms with Gasteiger partial charge in [-0.3, -0.25) is 4.90 Å². The van der Waals surface area contributed by atoms with E-state index in [-0.39, 0.29) is 0 Å². The molecule has 4 heteroatoms. The molecule has 0 unspecified atom stereocenters. The molecule has 1 aliphatic rings. The normalized spacial score (nSPS) is 17.5.